The van der Waals surface area contributed by atoms with Crippen molar-refractivity contribution in [3.63, 3.8) is 0 Å². The number of carboxylic acids is 1. The smallest absolute Gasteiger partial charge is 0.309 e. The van der Waals surface area contributed by atoms with Crippen molar-refractivity contribution in [3.8, 4) is 0 Å². The van der Waals surface area contributed by atoms with Crippen LogP contribution in [0.1, 0.15) is 44.1 Å². The van der Waals surface area contributed by atoms with Gasteiger partial charge in [-0.15, -0.1) is 0 Å². The van der Waals surface area contributed by atoms with E-state index < -0.39 is 5.97 Å². The molecule has 3 rings (SSSR count). The van der Waals surface area contributed by atoms with Crippen LogP contribution in [0.5, 0.6) is 0 Å². The first kappa shape index (κ1) is 17.9. The fraction of sp³-hybridized carbons (Fsp3) is 0.600. The lowest BCUT2D eigenvalue weighted by molar-refractivity contribution is -0.146. The third kappa shape index (κ3) is 4.21. The fourth-order valence-electron chi connectivity index (χ4n) is 4.11. The SMILES string of the molecule is CC(CC(=O)N1CCC([C@@H]2OCCC2C(=O)O)CC1)c1ccccc1. The van der Waals surface area contributed by atoms with Crippen LogP contribution in [0, 0.1) is 11.8 Å². The maximum Gasteiger partial charge on any atom is 0.309 e. The molecule has 2 fully saturated rings. The van der Waals surface area contributed by atoms with Crippen molar-refractivity contribution in [1.82, 2.24) is 4.90 Å². The Kier molecular flexibility index (Phi) is 5.74. The number of benzene rings is 1. The Balaban J connectivity index is 1.50. The van der Waals surface area contributed by atoms with Gasteiger partial charge in [0.1, 0.15) is 0 Å². The van der Waals surface area contributed by atoms with Crippen LogP contribution < -0.4 is 0 Å². The van der Waals surface area contributed by atoms with Crippen molar-refractivity contribution < 1.29 is 19.4 Å². The maximum atomic E-state index is 12.6. The lowest BCUT2D eigenvalue weighted by Crippen LogP contribution is -2.43. The topological polar surface area (TPSA) is 66.8 Å². The minimum absolute atomic E-state index is 0.182. The van der Waals surface area contributed by atoms with Gasteiger partial charge in [-0.2, -0.15) is 0 Å². The summed E-state index contributed by atoms with van der Waals surface area (Å²) in [4.78, 5) is 25.9. The second-order valence-electron chi connectivity index (χ2n) is 7.30. The first-order chi connectivity index (χ1) is 12.1. The van der Waals surface area contributed by atoms with Gasteiger partial charge in [-0.3, -0.25) is 9.59 Å². The number of hydrogen-bond acceptors (Lipinski definition) is 3. The number of nitrogens with zero attached hydrogens (tertiary/aromatic N) is 1. The van der Waals surface area contributed by atoms with E-state index in [1.165, 1.54) is 5.56 Å². The zero-order valence-corrected chi connectivity index (χ0v) is 14.8. The molecule has 2 aliphatic heterocycles. The number of carbonyl (C=O) groups is 2. The normalized spacial score (nSPS) is 25.7. The highest BCUT2D eigenvalue weighted by atomic mass is 16.5. The van der Waals surface area contributed by atoms with Crippen molar-refractivity contribution in [1.29, 1.82) is 0 Å². The van der Waals surface area contributed by atoms with Gasteiger partial charge in [0.2, 0.25) is 5.91 Å². The van der Waals surface area contributed by atoms with Crippen LogP contribution in [0.25, 0.3) is 0 Å². The molecule has 5 nitrogen and oxygen atoms in total. The Morgan fingerprint density at radius 1 is 1.20 bits per heavy atom. The van der Waals surface area contributed by atoms with Crippen LogP contribution in [0.15, 0.2) is 30.3 Å². The number of rotatable bonds is 5. The van der Waals surface area contributed by atoms with Crippen molar-refractivity contribution in [2.24, 2.45) is 11.8 Å². The van der Waals surface area contributed by atoms with E-state index in [0.29, 0.717) is 32.5 Å². The number of likely N-dealkylation sites (tertiary alicyclic amines) is 1. The second kappa shape index (κ2) is 8.00. The molecule has 2 saturated heterocycles. The summed E-state index contributed by atoms with van der Waals surface area (Å²) in [5.74, 6) is -0.486. The minimum Gasteiger partial charge on any atom is -0.481 e. The number of piperidine rings is 1. The largest absolute Gasteiger partial charge is 0.481 e. The summed E-state index contributed by atoms with van der Waals surface area (Å²) in [5.41, 5.74) is 1.19. The maximum absolute atomic E-state index is 12.6. The number of carbonyl (C=O) groups excluding carboxylic acids is 1. The van der Waals surface area contributed by atoms with Gasteiger partial charge in [0, 0.05) is 26.1 Å². The molecule has 2 aliphatic rings. The summed E-state index contributed by atoms with van der Waals surface area (Å²) in [6.07, 6.45) is 2.61. The monoisotopic (exact) mass is 345 g/mol. The molecular weight excluding hydrogens is 318 g/mol. The van der Waals surface area contributed by atoms with E-state index in [1.54, 1.807) is 0 Å². The molecule has 0 saturated carbocycles. The minimum atomic E-state index is -0.752. The van der Waals surface area contributed by atoms with Gasteiger partial charge in [0.15, 0.2) is 0 Å². The van der Waals surface area contributed by atoms with E-state index in [2.05, 4.69) is 19.1 Å². The molecule has 136 valence electrons. The van der Waals surface area contributed by atoms with Gasteiger partial charge < -0.3 is 14.7 Å². The Morgan fingerprint density at radius 3 is 2.52 bits per heavy atom. The van der Waals surface area contributed by atoms with E-state index in [4.69, 9.17) is 4.74 Å². The first-order valence-corrected chi connectivity index (χ1v) is 9.23. The third-order valence-electron chi connectivity index (χ3n) is 5.66. The summed E-state index contributed by atoms with van der Waals surface area (Å²) in [5, 5.41) is 9.32. The number of ether oxygens (including phenoxy) is 1. The average Bonchev–Trinajstić information content (AvgIpc) is 3.12. The lowest BCUT2D eigenvalue weighted by atomic mass is 9.84. The van der Waals surface area contributed by atoms with E-state index in [1.807, 2.05) is 23.1 Å². The van der Waals surface area contributed by atoms with Crippen LogP contribution in [-0.4, -0.2) is 47.7 Å². The molecule has 5 heteroatoms. The molecule has 25 heavy (non-hydrogen) atoms. The number of carboxylic acid groups (broad SMARTS) is 1. The molecule has 1 amide bonds. The highest BCUT2D eigenvalue weighted by Crippen LogP contribution is 2.33. The second-order valence-corrected chi connectivity index (χ2v) is 7.30. The van der Waals surface area contributed by atoms with Crippen LogP contribution in [-0.2, 0) is 14.3 Å². The zero-order valence-electron chi connectivity index (χ0n) is 14.8. The Labute approximate surface area is 149 Å². The number of hydrogen-bond donors (Lipinski definition) is 1. The Hall–Kier alpha value is -1.88. The number of amides is 1. The molecule has 0 radical (unpaired) electrons. The van der Waals surface area contributed by atoms with Gasteiger partial charge in [-0.25, -0.2) is 0 Å². The van der Waals surface area contributed by atoms with Gasteiger partial charge >= 0.3 is 5.97 Å². The van der Waals surface area contributed by atoms with Gasteiger partial charge in [0.25, 0.3) is 0 Å². The van der Waals surface area contributed by atoms with E-state index in [0.717, 1.165) is 12.8 Å². The average molecular weight is 345 g/mol. The van der Waals surface area contributed by atoms with Crippen molar-refractivity contribution in [2.45, 2.75) is 44.6 Å². The Bertz CT molecular complexity index is 595. The highest BCUT2D eigenvalue weighted by Gasteiger charge is 2.40. The van der Waals surface area contributed by atoms with Crippen molar-refractivity contribution in [3.05, 3.63) is 35.9 Å². The molecule has 1 aromatic rings. The molecule has 2 unspecified atom stereocenters. The molecule has 1 N–H and O–H groups in total. The predicted molar refractivity (Wildman–Crippen MR) is 94.3 cm³/mol. The lowest BCUT2D eigenvalue weighted by Gasteiger charge is -2.36. The fourth-order valence-corrected chi connectivity index (χ4v) is 4.11. The van der Waals surface area contributed by atoms with E-state index in [-0.39, 0.29) is 29.8 Å². The van der Waals surface area contributed by atoms with E-state index in [9.17, 15) is 14.7 Å². The predicted octanol–water partition coefficient (Wildman–Crippen LogP) is 2.91. The van der Waals surface area contributed by atoms with Crippen LogP contribution >= 0.6 is 0 Å². The molecule has 0 aromatic heterocycles. The molecular formula is C20H27NO4. The zero-order chi connectivity index (χ0) is 17.8. The third-order valence-corrected chi connectivity index (χ3v) is 5.66. The molecule has 0 aliphatic carbocycles. The van der Waals surface area contributed by atoms with Crippen LogP contribution in [0.4, 0.5) is 0 Å². The molecule has 1 aromatic carbocycles. The summed E-state index contributed by atoms with van der Waals surface area (Å²) in [7, 11) is 0. The molecule has 2 heterocycles. The molecule has 0 bridgehead atoms. The summed E-state index contributed by atoms with van der Waals surface area (Å²) >= 11 is 0. The summed E-state index contributed by atoms with van der Waals surface area (Å²) in [6.45, 7) is 4.04. The highest BCUT2D eigenvalue weighted by molar-refractivity contribution is 5.77. The number of aliphatic carboxylic acids is 1. The van der Waals surface area contributed by atoms with Crippen molar-refractivity contribution in [2.75, 3.05) is 19.7 Å². The van der Waals surface area contributed by atoms with Gasteiger partial charge in [-0.1, -0.05) is 37.3 Å². The summed E-state index contributed by atoms with van der Waals surface area (Å²) in [6, 6.07) is 10.1. The molecule has 3 atom stereocenters. The van der Waals surface area contributed by atoms with Gasteiger partial charge in [0.05, 0.1) is 12.0 Å². The van der Waals surface area contributed by atoms with Crippen molar-refractivity contribution >= 4 is 11.9 Å². The van der Waals surface area contributed by atoms with Crippen LogP contribution in [0.3, 0.4) is 0 Å². The van der Waals surface area contributed by atoms with Crippen LogP contribution in [0.2, 0.25) is 0 Å². The quantitative estimate of drug-likeness (QED) is 0.891. The first-order valence-electron chi connectivity index (χ1n) is 9.23. The van der Waals surface area contributed by atoms with E-state index >= 15 is 0 Å². The molecule has 0 spiro atoms. The van der Waals surface area contributed by atoms with Gasteiger partial charge in [-0.05, 0) is 36.7 Å². The summed E-state index contributed by atoms with van der Waals surface area (Å²) < 4.78 is 5.70. The Morgan fingerprint density at radius 2 is 1.88 bits per heavy atom. The standard InChI is InChI=1S/C20H27NO4/c1-14(15-5-3-2-4-6-15)13-18(22)21-10-7-16(8-11-21)19-17(20(23)24)9-12-25-19/h2-6,14,16-17,19H,7-13H2,1H3,(H,23,24)/t14?,17?,19-/m0/s1.